The molecule has 0 aliphatic carbocycles. The van der Waals surface area contributed by atoms with Gasteiger partial charge in [0.15, 0.2) is 0 Å². The largest absolute Gasteiger partial charge is 0.497 e. The van der Waals surface area contributed by atoms with Crippen molar-refractivity contribution in [1.29, 1.82) is 0 Å². The highest BCUT2D eigenvalue weighted by Crippen LogP contribution is 2.28. The number of nitrogens with one attached hydrogen (secondary N) is 1. The van der Waals surface area contributed by atoms with Crippen molar-refractivity contribution in [3.8, 4) is 5.75 Å². The second kappa shape index (κ2) is 12.3. The molecule has 0 bridgehead atoms. The molecule has 1 N–H and O–H groups in total. The molecule has 5 rings (SSSR count). The van der Waals surface area contributed by atoms with E-state index in [1.165, 1.54) is 0 Å². The number of fused-ring (bicyclic) bond motifs is 1. The van der Waals surface area contributed by atoms with E-state index in [0.29, 0.717) is 17.8 Å². The van der Waals surface area contributed by atoms with Crippen LogP contribution in [0.15, 0.2) is 103 Å². The van der Waals surface area contributed by atoms with E-state index >= 15 is 0 Å². The number of carbonyl (C=O) groups is 2. The normalized spacial score (nSPS) is 11.7. The Morgan fingerprint density at radius 1 is 0.875 bits per heavy atom. The molecule has 4 aromatic carbocycles. The number of para-hydroxylation sites is 1. The predicted octanol–water partition coefficient (Wildman–Crippen LogP) is 4.83. The van der Waals surface area contributed by atoms with Crippen LogP contribution in [0.5, 0.6) is 5.75 Å². The minimum Gasteiger partial charge on any atom is -0.497 e. The summed E-state index contributed by atoms with van der Waals surface area (Å²) in [5.74, 6) is 0.199. The predicted molar refractivity (Wildman–Crippen MR) is 153 cm³/mol. The van der Waals surface area contributed by atoms with E-state index in [-0.39, 0.29) is 24.9 Å². The summed E-state index contributed by atoms with van der Waals surface area (Å²) < 4.78 is 6.89. The number of amides is 2. The quantitative estimate of drug-likeness (QED) is 0.278. The van der Waals surface area contributed by atoms with Crippen LogP contribution in [0.3, 0.4) is 0 Å². The molecule has 0 saturated carbocycles. The number of hydrogen-bond acceptors (Lipinski definition) is 5. The molecule has 5 aromatic rings. The first-order valence-corrected chi connectivity index (χ1v) is 13.1. The molecule has 8 nitrogen and oxygen atoms in total. The van der Waals surface area contributed by atoms with Gasteiger partial charge >= 0.3 is 0 Å². The second-order valence-corrected chi connectivity index (χ2v) is 9.57. The SMILES string of the molecule is COc1ccc(CN(C(=O)Cn2nnc3ccccc32)C(C(=O)NCc2ccccc2)c2ccccc2C)cc1. The number of carbonyl (C=O) groups excluding carboxylic acids is 2. The first-order chi connectivity index (χ1) is 19.5. The van der Waals surface area contributed by atoms with Gasteiger partial charge in [-0.25, -0.2) is 4.68 Å². The Morgan fingerprint density at radius 2 is 1.57 bits per heavy atom. The minimum absolute atomic E-state index is 0.0645. The molecule has 1 atom stereocenters. The minimum atomic E-state index is -0.866. The molecule has 0 aliphatic rings. The number of rotatable bonds is 10. The fourth-order valence-corrected chi connectivity index (χ4v) is 4.73. The highest BCUT2D eigenvalue weighted by molar-refractivity contribution is 5.89. The van der Waals surface area contributed by atoms with Crippen molar-refractivity contribution in [2.45, 2.75) is 32.6 Å². The monoisotopic (exact) mass is 533 g/mol. The summed E-state index contributed by atoms with van der Waals surface area (Å²) in [7, 11) is 1.61. The highest BCUT2D eigenvalue weighted by atomic mass is 16.5. The van der Waals surface area contributed by atoms with Crippen molar-refractivity contribution in [1.82, 2.24) is 25.2 Å². The van der Waals surface area contributed by atoms with Crippen LogP contribution in [-0.2, 0) is 29.2 Å². The van der Waals surface area contributed by atoms with Crippen LogP contribution in [0.2, 0.25) is 0 Å². The van der Waals surface area contributed by atoms with E-state index in [9.17, 15) is 9.59 Å². The van der Waals surface area contributed by atoms with Gasteiger partial charge in [-0.3, -0.25) is 9.59 Å². The number of hydrogen-bond donors (Lipinski definition) is 1. The number of nitrogens with zero attached hydrogens (tertiary/aromatic N) is 4. The molecule has 2 amide bonds. The lowest BCUT2D eigenvalue weighted by Crippen LogP contribution is -2.44. The molecule has 0 radical (unpaired) electrons. The molecule has 1 unspecified atom stereocenters. The molecule has 0 fully saturated rings. The Balaban J connectivity index is 1.52. The van der Waals surface area contributed by atoms with Crippen LogP contribution in [0.25, 0.3) is 11.0 Å². The zero-order valence-electron chi connectivity index (χ0n) is 22.5. The van der Waals surface area contributed by atoms with Crippen molar-refractivity contribution in [3.63, 3.8) is 0 Å². The Kier molecular flexibility index (Phi) is 8.15. The zero-order valence-corrected chi connectivity index (χ0v) is 22.5. The fourth-order valence-electron chi connectivity index (χ4n) is 4.73. The lowest BCUT2D eigenvalue weighted by molar-refractivity contribution is -0.142. The maximum absolute atomic E-state index is 14.1. The number of benzene rings is 4. The number of aromatic nitrogens is 3. The van der Waals surface area contributed by atoms with Gasteiger partial charge in [0.2, 0.25) is 11.8 Å². The topological polar surface area (TPSA) is 89.3 Å². The van der Waals surface area contributed by atoms with Gasteiger partial charge in [0, 0.05) is 13.1 Å². The molecule has 0 saturated heterocycles. The highest BCUT2D eigenvalue weighted by Gasteiger charge is 2.33. The zero-order chi connectivity index (χ0) is 27.9. The molecule has 40 heavy (non-hydrogen) atoms. The molecule has 202 valence electrons. The maximum atomic E-state index is 14.1. The van der Waals surface area contributed by atoms with Crippen LogP contribution in [-0.4, -0.2) is 38.8 Å². The van der Waals surface area contributed by atoms with Crippen LogP contribution >= 0.6 is 0 Å². The van der Waals surface area contributed by atoms with Crippen LogP contribution in [0, 0.1) is 6.92 Å². The van der Waals surface area contributed by atoms with E-state index in [0.717, 1.165) is 27.8 Å². The average molecular weight is 534 g/mol. The molecule has 0 aliphatic heterocycles. The molecule has 0 spiro atoms. The first kappa shape index (κ1) is 26.6. The maximum Gasteiger partial charge on any atom is 0.247 e. The van der Waals surface area contributed by atoms with E-state index in [1.54, 1.807) is 16.7 Å². The molecule has 1 aromatic heterocycles. The number of aryl methyl sites for hydroxylation is 1. The number of methoxy groups -OCH3 is 1. The van der Waals surface area contributed by atoms with Gasteiger partial charge < -0.3 is 15.0 Å². The molecular formula is C32H31N5O3. The third-order valence-electron chi connectivity index (χ3n) is 6.89. The Morgan fingerprint density at radius 3 is 2.33 bits per heavy atom. The van der Waals surface area contributed by atoms with E-state index < -0.39 is 6.04 Å². The van der Waals surface area contributed by atoms with Gasteiger partial charge in [-0.2, -0.15) is 0 Å². The van der Waals surface area contributed by atoms with Crippen LogP contribution in [0.1, 0.15) is 28.3 Å². The Bertz CT molecular complexity index is 1600. The van der Waals surface area contributed by atoms with Crippen molar-refractivity contribution in [2.24, 2.45) is 0 Å². The van der Waals surface area contributed by atoms with Crippen molar-refractivity contribution in [3.05, 3.63) is 125 Å². The standard InChI is InChI=1S/C32H31N5O3/c1-23-10-6-7-13-27(23)31(32(39)33-20-24-11-4-3-5-12-24)36(21-25-16-18-26(40-2)19-17-25)30(38)22-37-29-15-9-8-14-28(29)34-35-37/h3-19,31H,20-22H2,1-2H3,(H,33,39). The summed E-state index contributed by atoms with van der Waals surface area (Å²) in [5, 5.41) is 11.5. The smallest absolute Gasteiger partial charge is 0.247 e. The van der Waals surface area contributed by atoms with Gasteiger partial charge in [0.25, 0.3) is 0 Å². The summed E-state index contributed by atoms with van der Waals surface area (Å²) in [6.45, 7) is 2.45. The summed E-state index contributed by atoms with van der Waals surface area (Å²) >= 11 is 0. The van der Waals surface area contributed by atoms with Gasteiger partial charge in [-0.15, -0.1) is 5.10 Å². The van der Waals surface area contributed by atoms with Gasteiger partial charge in [-0.1, -0.05) is 84.1 Å². The van der Waals surface area contributed by atoms with Crippen molar-refractivity contribution in [2.75, 3.05) is 7.11 Å². The van der Waals surface area contributed by atoms with Crippen molar-refractivity contribution >= 4 is 22.8 Å². The van der Waals surface area contributed by atoms with Gasteiger partial charge in [0.05, 0.1) is 12.6 Å². The van der Waals surface area contributed by atoms with E-state index in [1.807, 2.05) is 110 Å². The number of ether oxygens (including phenoxy) is 1. The van der Waals surface area contributed by atoms with Crippen LogP contribution in [0.4, 0.5) is 0 Å². The lowest BCUT2D eigenvalue weighted by Gasteiger charge is -2.32. The molecular weight excluding hydrogens is 502 g/mol. The Hall–Kier alpha value is -4.98. The van der Waals surface area contributed by atoms with Gasteiger partial charge in [0.1, 0.15) is 23.9 Å². The third kappa shape index (κ3) is 6.02. The van der Waals surface area contributed by atoms with Crippen molar-refractivity contribution < 1.29 is 14.3 Å². The summed E-state index contributed by atoms with van der Waals surface area (Å²) in [6, 6.07) is 31.5. The van der Waals surface area contributed by atoms with Crippen LogP contribution < -0.4 is 10.1 Å². The summed E-state index contributed by atoms with van der Waals surface area (Å²) in [4.78, 5) is 29.7. The average Bonchev–Trinajstić information content (AvgIpc) is 3.40. The van der Waals surface area contributed by atoms with E-state index in [4.69, 9.17) is 4.74 Å². The Labute approximate surface area is 233 Å². The first-order valence-electron chi connectivity index (χ1n) is 13.1. The lowest BCUT2D eigenvalue weighted by atomic mass is 9.98. The third-order valence-corrected chi connectivity index (χ3v) is 6.89. The molecule has 8 heteroatoms. The van der Waals surface area contributed by atoms with E-state index in [2.05, 4.69) is 15.6 Å². The fraction of sp³-hybridized carbons (Fsp3) is 0.188. The summed E-state index contributed by atoms with van der Waals surface area (Å²) in [5.41, 5.74) is 4.97. The van der Waals surface area contributed by atoms with Gasteiger partial charge in [-0.05, 0) is 53.4 Å². The molecule has 1 heterocycles. The summed E-state index contributed by atoms with van der Waals surface area (Å²) in [6.07, 6.45) is 0. The second-order valence-electron chi connectivity index (χ2n) is 9.57.